The van der Waals surface area contributed by atoms with Gasteiger partial charge in [-0.2, -0.15) is 0 Å². The first-order chi connectivity index (χ1) is 5.54. The predicted octanol–water partition coefficient (Wildman–Crippen LogP) is 2.44. The highest BCUT2D eigenvalue weighted by Crippen LogP contribution is 1.80. The molecule has 0 unspecified atom stereocenters. The third-order valence-corrected chi connectivity index (χ3v) is 1.07. The second kappa shape index (κ2) is 10.9. The standard InChI is InChI=1S/C6H15N.C4H10O/c1-5(2)7-6(3)4;1-3-5-4-2/h5-7H,1-4H3;3-4H2,1-2H3. The number of hydrogen-bond donors (Lipinski definition) is 1. The highest BCUT2D eigenvalue weighted by atomic mass is 16.5. The molecule has 76 valence electrons. The van der Waals surface area contributed by atoms with Gasteiger partial charge in [-0.15, -0.1) is 0 Å². The minimum Gasteiger partial charge on any atom is -0.382 e. The van der Waals surface area contributed by atoms with Crippen molar-refractivity contribution in [3.8, 4) is 0 Å². The molecule has 0 aliphatic rings. The summed E-state index contributed by atoms with van der Waals surface area (Å²) in [6.45, 7) is 14.3. The van der Waals surface area contributed by atoms with Crippen molar-refractivity contribution in [2.75, 3.05) is 13.2 Å². The second-order valence-electron chi connectivity index (χ2n) is 3.26. The van der Waals surface area contributed by atoms with Crippen LogP contribution in [-0.2, 0) is 4.74 Å². The first-order valence-corrected chi connectivity index (χ1v) is 4.88. The Morgan fingerprint density at radius 1 is 0.917 bits per heavy atom. The average Bonchev–Trinajstić information content (AvgIpc) is 1.87. The third kappa shape index (κ3) is 22.5. The highest BCUT2D eigenvalue weighted by molar-refractivity contribution is 4.55. The molecule has 0 spiro atoms. The summed E-state index contributed by atoms with van der Waals surface area (Å²) < 4.78 is 4.83. The van der Waals surface area contributed by atoms with Gasteiger partial charge < -0.3 is 10.1 Å². The van der Waals surface area contributed by atoms with Gasteiger partial charge in [0.2, 0.25) is 0 Å². The molecule has 2 nitrogen and oxygen atoms in total. The van der Waals surface area contributed by atoms with Gasteiger partial charge in [-0.1, -0.05) is 27.7 Å². The number of rotatable bonds is 4. The van der Waals surface area contributed by atoms with Crippen LogP contribution in [0.25, 0.3) is 0 Å². The SMILES string of the molecule is CC(C)NC(C)C.CCOCC. The van der Waals surface area contributed by atoms with Gasteiger partial charge in [-0.3, -0.25) is 0 Å². The van der Waals surface area contributed by atoms with E-state index in [1.54, 1.807) is 0 Å². The van der Waals surface area contributed by atoms with Crippen molar-refractivity contribution in [1.29, 1.82) is 0 Å². The lowest BCUT2D eigenvalue weighted by molar-refractivity contribution is 0.162. The summed E-state index contributed by atoms with van der Waals surface area (Å²) in [6.07, 6.45) is 0. The minimum absolute atomic E-state index is 0.625. The fraction of sp³-hybridized carbons (Fsp3) is 1.00. The van der Waals surface area contributed by atoms with E-state index in [9.17, 15) is 0 Å². The van der Waals surface area contributed by atoms with E-state index in [2.05, 4.69) is 33.0 Å². The molecule has 0 saturated heterocycles. The molecule has 2 heteroatoms. The van der Waals surface area contributed by atoms with E-state index in [0.29, 0.717) is 12.1 Å². The molecule has 0 aromatic heterocycles. The van der Waals surface area contributed by atoms with Crippen molar-refractivity contribution in [3.63, 3.8) is 0 Å². The molecule has 0 aliphatic carbocycles. The Morgan fingerprint density at radius 3 is 1.25 bits per heavy atom. The third-order valence-electron chi connectivity index (χ3n) is 1.07. The maximum atomic E-state index is 4.83. The Bertz CT molecular complexity index is 64.2. The van der Waals surface area contributed by atoms with E-state index >= 15 is 0 Å². The number of ether oxygens (including phenoxy) is 1. The van der Waals surface area contributed by atoms with Gasteiger partial charge in [-0.05, 0) is 13.8 Å². The second-order valence-corrected chi connectivity index (χ2v) is 3.26. The summed E-state index contributed by atoms with van der Waals surface area (Å²) in [5.74, 6) is 0. The lowest BCUT2D eigenvalue weighted by Gasteiger charge is -2.10. The van der Waals surface area contributed by atoms with Gasteiger partial charge in [0.05, 0.1) is 0 Å². The van der Waals surface area contributed by atoms with Crippen LogP contribution in [0.2, 0.25) is 0 Å². The van der Waals surface area contributed by atoms with Gasteiger partial charge in [0.1, 0.15) is 0 Å². The van der Waals surface area contributed by atoms with Crippen molar-refractivity contribution in [2.45, 2.75) is 53.6 Å². The topological polar surface area (TPSA) is 21.3 Å². The molecule has 1 N–H and O–H groups in total. The normalized spacial score (nSPS) is 10.0. The maximum Gasteiger partial charge on any atom is 0.0437 e. The molecule has 0 bridgehead atoms. The Labute approximate surface area is 77.7 Å². The van der Waals surface area contributed by atoms with Crippen LogP contribution in [0.1, 0.15) is 41.5 Å². The van der Waals surface area contributed by atoms with Gasteiger partial charge >= 0.3 is 0 Å². The molecule has 0 fully saturated rings. The first kappa shape index (κ1) is 14.4. The molecule has 0 aromatic rings. The maximum absolute atomic E-state index is 4.83. The minimum atomic E-state index is 0.625. The number of hydrogen-bond acceptors (Lipinski definition) is 2. The van der Waals surface area contributed by atoms with Crippen molar-refractivity contribution in [3.05, 3.63) is 0 Å². The summed E-state index contributed by atoms with van der Waals surface area (Å²) in [4.78, 5) is 0. The zero-order chi connectivity index (χ0) is 9.98. The first-order valence-electron chi connectivity index (χ1n) is 4.88. The monoisotopic (exact) mass is 175 g/mol. The van der Waals surface area contributed by atoms with Crippen LogP contribution in [0.5, 0.6) is 0 Å². The van der Waals surface area contributed by atoms with Crippen LogP contribution in [0, 0.1) is 0 Å². The zero-order valence-corrected chi connectivity index (χ0v) is 9.48. The molecule has 0 amide bonds. The molecule has 0 heterocycles. The Morgan fingerprint density at radius 2 is 1.25 bits per heavy atom. The molecule has 12 heavy (non-hydrogen) atoms. The summed E-state index contributed by atoms with van der Waals surface area (Å²) in [5.41, 5.74) is 0. The van der Waals surface area contributed by atoms with Gasteiger partial charge in [0.15, 0.2) is 0 Å². The van der Waals surface area contributed by atoms with Crippen molar-refractivity contribution in [2.24, 2.45) is 0 Å². The summed E-state index contributed by atoms with van der Waals surface area (Å²) in [6, 6.07) is 1.25. The fourth-order valence-electron chi connectivity index (χ4n) is 0.871. The molecule has 0 atom stereocenters. The molecule has 0 aromatic carbocycles. The summed E-state index contributed by atoms with van der Waals surface area (Å²) in [7, 11) is 0. The fourth-order valence-corrected chi connectivity index (χ4v) is 0.871. The van der Waals surface area contributed by atoms with E-state index in [4.69, 9.17) is 4.74 Å². The van der Waals surface area contributed by atoms with E-state index < -0.39 is 0 Å². The van der Waals surface area contributed by atoms with Crippen LogP contribution >= 0.6 is 0 Å². The summed E-state index contributed by atoms with van der Waals surface area (Å²) in [5, 5.41) is 3.31. The van der Waals surface area contributed by atoms with E-state index in [0.717, 1.165) is 13.2 Å². The van der Waals surface area contributed by atoms with Crippen LogP contribution in [0.4, 0.5) is 0 Å². The van der Waals surface area contributed by atoms with Gasteiger partial charge in [0.25, 0.3) is 0 Å². The molecule has 0 rings (SSSR count). The molecule has 0 radical (unpaired) electrons. The van der Waals surface area contributed by atoms with Gasteiger partial charge in [0, 0.05) is 25.3 Å². The molecule has 0 aliphatic heterocycles. The molecular weight excluding hydrogens is 150 g/mol. The quantitative estimate of drug-likeness (QED) is 0.708. The Balaban J connectivity index is 0. The summed E-state index contributed by atoms with van der Waals surface area (Å²) >= 11 is 0. The van der Waals surface area contributed by atoms with Crippen molar-refractivity contribution >= 4 is 0 Å². The van der Waals surface area contributed by atoms with E-state index in [1.165, 1.54) is 0 Å². The average molecular weight is 175 g/mol. The van der Waals surface area contributed by atoms with Crippen molar-refractivity contribution < 1.29 is 4.74 Å². The molecule has 0 saturated carbocycles. The van der Waals surface area contributed by atoms with Crippen molar-refractivity contribution in [1.82, 2.24) is 5.32 Å². The van der Waals surface area contributed by atoms with Crippen LogP contribution in [-0.4, -0.2) is 25.3 Å². The largest absolute Gasteiger partial charge is 0.382 e. The molecular formula is C10H25NO. The lowest BCUT2D eigenvalue weighted by Crippen LogP contribution is -2.29. The Kier molecular flexibility index (Phi) is 13.1. The van der Waals surface area contributed by atoms with Gasteiger partial charge in [-0.25, -0.2) is 0 Å². The highest BCUT2D eigenvalue weighted by Gasteiger charge is 1.92. The van der Waals surface area contributed by atoms with Crippen LogP contribution in [0.3, 0.4) is 0 Å². The zero-order valence-electron chi connectivity index (χ0n) is 9.48. The predicted molar refractivity (Wildman–Crippen MR) is 55.6 cm³/mol. The van der Waals surface area contributed by atoms with Crippen LogP contribution in [0.15, 0.2) is 0 Å². The Hall–Kier alpha value is -0.0800. The van der Waals surface area contributed by atoms with Crippen LogP contribution < -0.4 is 5.32 Å². The van der Waals surface area contributed by atoms with E-state index in [-0.39, 0.29) is 0 Å². The lowest BCUT2D eigenvalue weighted by atomic mass is 10.3. The van der Waals surface area contributed by atoms with E-state index in [1.807, 2.05) is 13.8 Å². The smallest absolute Gasteiger partial charge is 0.0437 e. The number of nitrogens with one attached hydrogen (secondary N) is 1.